The third-order valence-corrected chi connectivity index (χ3v) is 5.17. The number of carbonyl (C=O) groups is 2. The van der Waals surface area contributed by atoms with Crippen molar-refractivity contribution in [3.8, 4) is 0 Å². The van der Waals surface area contributed by atoms with Crippen molar-refractivity contribution in [2.24, 2.45) is 5.92 Å². The number of unbranched alkanes of at least 4 members (excludes halogenated alkanes) is 7. The summed E-state index contributed by atoms with van der Waals surface area (Å²) in [5, 5.41) is 0. The standard InChI is InChI=1S/C25H50N2O4/c1-8-9-10-15-18-27(25(29)30-22(4)5)19-16-13-11-12-14-17-23(6)31-24(28)26(7)20-21(2)3/h21-23H,8-20H2,1-7H3. The fourth-order valence-electron chi connectivity index (χ4n) is 3.51. The largest absolute Gasteiger partial charge is 0.447 e. The van der Waals surface area contributed by atoms with Gasteiger partial charge in [0.25, 0.3) is 0 Å². The van der Waals surface area contributed by atoms with Crippen LogP contribution < -0.4 is 0 Å². The van der Waals surface area contributed by atoms with Crippen molar-refractivity contribution >= 4 is 12.2 Å². The van der Waals surface area contributed by atoms with Gasteiger partial charge in [-0.05, 0) is 52.4 Å². The van der Waals surface area contributed by atoms with Crippen LogP contribution in [-0.4, -0.2) is 60.9 Å². The van der Waals surface area contributed by atoms with Gasteiger partial charge in [-0.2, -0.15) is 0 Å². The van der Waals surface area contributed by atoms with Gasteiger partial charge in [-0.1, -0.05) is 59.3 Å². The maximum Gasteiger partial charge on any atom is 0.410 e. The first-order valence-corrected chi connectivity index (χ1v) is 12.5. The van der Waals surface area contributed by atoms with E-state index in [1.54, 1.807) is 11.9 Å². The molecule has 0 saturated carbocycles. The topological polar surface area (TPSA) is 59.1 Å². The van der Waals surface area contributed by atoms with E-state index in [4.69, 9.17) is 9.47 Å². The Balaban J connectivity index is 4.01. The average molecular weight is 443 g/mol. The van der Waals surface area contributed by atoms with Crippen molar-refractivity contribution < 1.29 is 19.1 Å². The lowest BCUT2D eigenvalue weighted by molar-refractivity contribution is 0.0689. The molecule has 0 aromatic rings. The molecule has 1 atom stereocenters. The number of carbonyl (C=O) groups excluding carboxylic acids is 2. The lowest BCUT2D eigenvalue weighted by atomic mass is 10.1. The number of hydrogen-bond acceptors (Lipinski definition) is 4. The van der Waals surface area contributed by atoms with Crippen molar-refractivity contribution in [2.45, 2.75) is 118 Å². The van der Waals surface area contributed by atoms with Gasteiger partial charge >= 0.3 is 12.2 Å². The summed E-state index contributed by atoms with van der Waals surface area (Å²) in [5.74, 6) is 0.437. The van der Waals surface area contributed by atoms with Crippen LogP contribution in [0.4, 0.5) is 9.59 Å². The molecule has 0 saturated heterocycles. The second-order valence-corrected chi connectivity index (χ2v) is 9.51. The highest BCUT2D eigenvalue weighted by atomic mass is 16.6. The van der Waals surface area contributed by atoms with Crippen LogP contribution in [0.3, 0.4) is 0 Å². The van der Waals surface area contributed by atoms with E-state index in [1.165, 1.54) is 12.8 Å². The third-order valence-electron chi connectivity index (χ3n) is 5.17. The zero-order chi connectivity index (χ0) is 23.6. The van der Waals surface area contributed by atoms with Crippen LogP contribution in [0.2, 0.25) is 0 Å². The average Bonchev–Trinajstić information content (AvgIpc) is 2.67. The molecule has 2 amide bonds. The summed E-state index contributed by atoms with van der Waals surface area (Å²) in [6.45, 7) is 14.4. The Kier molecular flexibility index (Phi) is 17.3. The minimum Gasteiger partial charge on any atom is -0.447 e. The Hall–Kier alpha value is -1.46. The van der Waals surface area contributed by atoms with Crippen LogP contribution in [-0.2, 0) is 9.47 Å². The highest BCUT2D eigenvalue weighted by Crippen LogP contribution is 2.12. The zero-order valence-corrected chi connectivity index (χ0v) is 21.5. The Morgan fingerprint density at radius 1 is 0.742 bits per heavy atom. The predicted octanol–water partition coefficient (Wildman–Crippen LogP) is 6.87. The molecule has 0 fully saturated rings. The van der Waals surface area contributed by atoms with Gasteiger partial charge in [0.1, 0.15) is 6.10 Å². The van der Waals surface area contributed by atoms with Crippen LogP contribution in [0.25, 0.3) is 0 Å². The van der Waals surface area contributed by atoms with E-state index in [-0.39, 0.29) is 24.4 Å². The molecule has 0 N–H and O–H groups in total. The number of hydrogen-bond donors (Lipinski definition) is 0. The predicted molar refractivity (Wildman–Crippen MR) is 128 cm³/mol. The molecule has 0 aliphatic heterocycles. The highest BCUT2D eigenvalue weighted by molar-refractivity contribution is 5.67. The van der Waals surface area contributed by atoms with Crippen molar-refractivity contribution in [1.29, 1.82) is 0 Å². The van der Waals surface area contributed by atoms with Gasteiger partial charge in [-0.25, -0.2) is 9.59 Å². The fraction of sp³-hybridized carbons (Fsp3) is 0.920. The van der Waals surface area contributed by atoms with E-state index >= 15 is 0 Å². The second kappa shape index (κ2) is 18.1. The molecule has 0 aromatic carbocycles. The maximum absolute atomic E-state index is 12.3. The SMILES string of the molecule is CCCCCCN(CCCCCCCC(C)OC(=O)N(C)CC(C)C)C(=O)OC(C)C. The molecular formula is C25H50N2O4. The molecule has 6 heteroatoms. The van der Waals surface area contributed by atoms with Gasteiger partial charge in [-0.3, -0.25) is 0 Å². The first-order valence-electron chi connectivity index (χ1n) is 12.5. The van der Waals surface area contributed by atoms with Crippen molar-refractivity contribution in [1.82, 2.24) is 9.80 Å². The van der Waals surface area contributed by atoms with E-state index in [0.29, 0.717) is 12.5 Å². The summed E-state index contributed by atoms with van der Waals surface area (Å²) in [4.78, 5) is 27.9. The van der Waals surface area contributed by atoms with E-state index < -0.39 is 0 Å². The molecular weight excluding hydrogens is 392 g/mol. The van der Waals surface area contributed by atoms with Gasteiger partial charge in [0.15, 0.2) is 0 Å². The summed E-state index contributed by atoms with van der Waals surface area (Å²) in [7, 11) is 1.79. The van der Waals surface area contributed by atoms with Crippen LogP contribution in [0.15, 0.2) is 0 Å². The number of rotatable bonds is 17. The molecule has 0 spiro atoms. The molecule has 184 valence electrons. The van der Waals surface area contributed by atoms with E-state index in [2.05, 4.69) is 20.8 Å². The number of nitrogens with zero attached hydrogens (tertiary/aromatic N) is 2. The Bertz CT molecular complexity index is 468. The summed E-state index contributed by atoms with van der Waals surface area (Å²) >= 11 is 0. The van der Waals surface area contributed by atoms with Crippen LogP contribution in [0.5, 0.6) is 0 Å². The molecule has 0 aliphatic rings. The molecule has 0 rings (SSSR count). The Morgan fingerprint density at radius 2 is 1.29 bits per heavy atom. The minimum absolute atomic E-state index is 0.0495. The minimum atomic E-state index is -0.228. The molecule has 0 bridgehead atoms. The molecule has 0 radical (unpaired) electrons. The van der Waals surface area contributed by atoms with Gasteiger partial charge in [0.2, 0.25) is 0 Å². The molecule has 31 heavy (non-hydrogen) atoms. The van der Waals surface area contributed by atoms with E-state index in [9.17, 15) is 9.59 Å². The lowest BCUT2D eigenvalue weighted by Crippen LogP contribution is -2.35. The maximum atomic E-state index is 12.3. The summed E-state index contributed by atoms with van der Waals surface area (Å²) in [6, 6.07) is 0. The van der Waals surface area contributed by atoms with E-state index in [1.807, 2.05) is 25.7 Å². The zero-order valence-electron chi connectivity index (χ0n) is 21.5. The van der Waals surface area contributed by atoms with Gasteiger partial charge in [0, 0.05) is 26.7 Å². The summed E-state index contributed by atoms with van der Waals surface area (Å²) in [5.41, 5.74) is 0. The lowest BCUT2D eigenvalue weighted by Gasteiger charge is -2.23. The van der Waals surface area contributed by atoms with Gasteiger partial charge < -0.3 is 19.3 Å². The highest BCUT2D eigenvalue weighted by Gasteiger charge is 2.16. The van der Waals surface area contributed by atoms with Gasteiger partial charge in [-0.15, -0.1) is 0 Å². The monoisotopic (exact) mass is 442 g/mol. The number of amides is 2. The van der Waals surface area contributed by atoms with Crippen LogP contribution >= 0.6 is 0 Å². The van der Waals surface area contributed by atoms with Gasteiger partial charge in [0.05, 0.1) is 6.10 Å². The summed E-state index contributed by atoms with van der Waals surface area (Å²) < 4.78 is 10.9. The molecule has 0 aliphatic carbocycles. The number of ether oxygens (including phenoxy) is 2. The first-order chi connectivity index (χ1) is 14.7. The molecule has 6 nitrogen and oxygen atoms in total. The Morgan fingerprint density at radius 3 is 1.84 bits per heavy atom. The Labute approximate surface area is 192 Å². The fourth-order valence-corrected chi connectivity index (χ4v) is 3.51. The van der Waals surface area contributed by atoms with Crippen molar-refractivity contribution in [3.63, 3.8) is 0 Å². The molecule has 1 unspecified atom stereocenters. The van der Waals surface area contributed by atoms with Crippen LogP contribution in [0, 0.1) is 5.92 Å². The van der Waals surface area contributed by atoms with Crippen molar-refractivity contribution in [2.75, 3.05) is 26.7 Å². The normalized spacial score (nSPS) is 12.2. The quantitative estimate of drug-likeness (QED) is 0.231. The summed E-state index contributed by atoms with van der Waals surface area (Å²) in [6.07, 6.45) is 10.4. The van der Waals surface area contributed by atoms with E-state index in [0.717, 1.165) is 64.5 Å². The molecule has 0 aromatic heterocycles. The first kappa shape index (κ1) is 29.5. The third kappa shape index (κ3) is 16.9. The van der Waals surface area contributed by atoms with Crippen LogP contribution in [0.1, 0.15) is 106 Å². The van der Waals surface area contributed by atoms with Crippen molar-refractivity contribution in [3.05, 3.63) is 0 Å². The smallest absolute Gasteiger partial charge is 0.410 e. The second-order valence-electron chi connectivity index (χ2n) is 9.51. The molecule has 0 heterocycles.